The van der Waals surface area contributed by atoms with Crippen molar-refractivity contribution in [2.45, 2.75) is 6.54 Å². The number of nitrogens with zero attached hydrogens (tertiary/aromatic N) is 2. The van der Waals surface area contributed by atoms with E-state index < -0.39 is 17.5 Å². The molecule has 0 bridgehead atoms. The Hall–Kier alpha value is -3.22. The SMILES string of the molecule is CN(C)c1c(F)cc(NC(=O)Cn2ccc(=O)c3ccccc32)cc1F. The van der Waals surface area contributed by atoms with Crippen LogP contribution in [0.25, 0.3) is 10.9 Å². The number of para-hydroxylation sites is 1. The molecule has 0 atom stereocenters. The fraction of sp³-hybridized carbons (Fsp3) is 0.158. The highest BCUT2D eigenvalue weighted by Gasteiger charge is 2.14. The number of amides is 1. The Labute approximate surface area is 148 Å². The summed E-state index contributed by atoms with van der Waals surface area (Å²) in [7, 11) is 3.06. The molecule has 0 aliphatic carbocycles. The molecular formula is C19H17F2N3O2. The van der Waals surface area contributed by atoms with Crippen LogP contribution >= 0.6 is 0 Å². The van der Waals surface area contributed by atoms with Gasteiger partial charge in [0, 0.05) is 37.4 Å². The van der Waals surface area contributed by atoms with Crippen LogP contribution in [-0.2, 0) is 11.3 Å². The lowest BCUT2D eigenvalue weighted by Crippen LogP contribution is -2.21. The fourth-order valence-corrected chi connectivity index (χ4v) is 2.82. The van der Waals surface area contributed by atoms with Crippen molar-refractivity contribution in [3.63, 3.8) is 0 Å². The molecule has 3 rings (SSSR count). The number of pyridine rings is 1. The number of nitrogens with one attached hydrogen (secondary N) is 1. The van der Waals surface area contributed by atoms with Gasteiger partial charge in [0.15, 0.2) is 17.1 Å². The van der Waals surface area contributed by atoms with E-state index in [1.54, 1.807) is 28.8 Å². The van der Waals surface area contributed by atoms with Gasteiger partial charge in [-0.05, 0) is 24.3 Å². The molecule has 0 radical (unpaired) electrons. The fourth-order valence-electron chi connectivity index (χ4n) is 2.82. The summed E-state index contributed by atoms with van der Waals surface area (Å²) in [5, 5.41) is 2.98. The first kappa shape index (κ1) is 17.6. The molecule has 0 unspecified atom stereocenters. The lowest BCUT2D eigenvalue weighted by molar-refractivity contribution is -0.116. The summed E-state index contributed by atoms with van der Waals surface area (Å²) in [6, 6.07) is 10.4. The molecule has 3 aromatic rings. The van der Waals surface area contributed by atoms with E-state index in [1.165, 1.54) is 31.3 Å². The summed E-state index contributed by atoms with van der Waals surface area (Å²) >= 11 is 0. The molecule has 1 heterocycles. The average Bonchev–Trinajstić information content (AvgIpc) is 2.56. The Bertz CT molecular complexity index is 1020. The van der Waals surface area contributed by atoms with Crippen molar-refractivity contribution in [2.24, 2.45) is 0 Å². The van der Waals surface area contributed by atoms with Crippen molar-refractivity contribution in [1.29, 1.82) is 0 Å². The van der Waals surface area contributed by atoms with Gasteiger partial charge in [0.05, 0.1) is 5.52 Å². The number of aromatic nitrogens is 1. The van der Waals surface area contributed by atoms with Crippen molar-refractivity contribution in [2.75, 3.05) is 24.3 Å². The Balaban J connectivity index is 1.84. The second-order valence-electron chi connectivity index (χ2n) is 6.06. The van der Waals surface area contributed by atoms with Crippen molar-refractivity contribution >= 4 is 28.2 Å². The quantitative estimate of drug-likeness (QED) is 0.781. The maximum atomic E-state index is 14.0. The first-order valence-corrected chi connectivity index (χ1v) is 7.91. The minimum Gasteiger partial charge on any atom is -0.373 e. The number of benzene rings is 2. The number of anilines is 2. The van der Waals surface area contributed by atoms with Crippen molar-refractivity contribution in [1.82, 2.24) is 4.57 Å². The molecule has 1 aromatic heterocycles. The second kappa shape index (κ2) is 6.95. The molecule has 1 amide bonds. The van der Waals surface area contributed by atoms with Crippen LogP contribution in [0.15, 0.2) is 53.5 Å². The van der Waals surface area contributed by atoms with Crippen LogP contribution in [0.2, 0.25) is 0 Å². The molecule has 134 valence electrons. The highest BCUT2D eigenvalue weighted by atomic mass is 19.1. The van der Waals surface area contributed by atoms with E-state index in [4.69, 9.17) is 0 Å². The standard InChI is InChI=1S/C19H17F2N3O2/c1-23(2)19-14(20)9-12(10-15(19)21)22-18(26)11-24-8-7-17(25)13-5-3-4-6-16(13)24/h3-10H,11H2,1-2H3,(H,22,26). The second-order valence-corrected chi connectivity index (χ2v) is 6.06. The maximum absolute atomic E-state index is 14.0. The Morgan fingerprint density at radius 1 is 1.12 bits per heavy atom. The number of fused-ring (bicyclic) bond motifs is 1. The molecule has 0 saturated carbocycles. The van der Waals surface area contributed by atoms with Gasteiger partial charge in [-0.3, -0.25) is 9.59 Å². The van der Waals surface area contributed by atoms with Gasteiger partial charge in [0.25, 0.3) is 0 Å². The molecular weight excluding hydrogens is 340 g/mol. The topological polar surface area (TPSA) is 54.3 Å². The highest BCUT2D eigenvalue weighted by molar-refractivity contribution is 5.92. The minimum atomic E-state index is -0.765. The molecule has 2 aromatic carbocycles. The third-order valence-electron chi connectivity index (χ3n) is 3.95. The zero-order chi connectivity index (χ0) is 18.8. The Kier molecular flexibility index (Phi) is 4.71. The van der Waals surface area contributed by atoms with Crippen LogP contribution in [0, 0.1) is 11.6 Å². The summed E-state index contributed by atoms with van der Waals surface area (Å²) in [5.74, 6) is -1.99. The molecule has 7 heteroatoms. The number of carbonyl (C=O) groups excluding carboxylic acids is 1. The van der Waals surface area contributed by atoms with E-state index in [1.807, 2.05) is 0 Å². The smallest absolute Gasteiger partial charge is 0.244 e. The highest BCUT2D eigenvalue weighted by Crippen LogP contribution is 2.25. The van der Waals surface area contributed by atoms with Crippen molar-refractivity contribution in [3.05, 3.63) is 70.5 Å². The van der Waals surface area contributed by atoms with Crippen LogP contribution < -0.4 is 15.6 Å². The first-order chi connectivity index (χ1) is 12.4. The largest absolute Gasteiger partial charge is 0.373 e. The average molecular weight is 357 g/mol. The molecule has 0 aliphatic heterocycles. The third-order valence-corrected chi connectivity index (χ3v) is 3.95. The summed E-state index contributed by atoms with van der Waals surface area (Å²) < 4.78 is 29.6. The summed E-state index contributed by atoms with van der Waals surface area (Å²) in [6.45, 7) is -0.0978. The molecule has 5 nitrogen and oxygen atoms in total. The number of carbonyl (C=O) groups is 1. The lowest BCUT2D eigenvalue weighted by Gasteiger charge is -2.16. The lowest BCUT2D eigenvalue weighted by atomic mass is 10.2. The normalized spacial score (nSPS) is 10.8. The van der Waals surface area contributed by atoms with E-state index in [0.717, 1.165) is 12.1 Å². The molecule has 1 N–H and O–H groups in total. The number of hydrogen-bond acceptors (Lipinski definition) is 3. The maximum Gasteiger partial charge on any atom is 0.244 e. The molecule has 0 aliphatic rings. The van der Waals surface area contributed by atoms with Crippen LogP contribution in [0.4, 0.5) is 20.2 Å². The minimum absolute atomic E-state index is 0.0287. The van der Waals surface area contributed by atoms with Crippen LogP contribution in [0.5, 0.6) is 0 Å². The van der Waals surface area contributed by atoms with Crippen LogP contribution in [0.1, 0.15) is 0 Å². The zero-order valence-electron chi connectivity index (χ0n) is 14.3. The van der Waals surface area contributed by atoms with Gasteiger partial charge in [0.1, 0.15) is 12.2 Å². The molecule has 0 saturated heterocycles. The predicted molar refractivity (Wildman–Crippen MR) is 97.5 cm³/mol. The molecule has 0 spiro atoms. The molecule has 0 fully saturated rings. The van der Waals surface area contributed by atoms with Gasteiger partial charge in [-0.15, -0.1) is 0 Å². The van der Waals surface area contributed by atoms with Gasteiger partial charge in [-0.25, -0.2) is 8.78 Å². The Morgan fingerprint density at radius 2 is 1.77 bits per heavy atom. The number of hydrogen-bond donors (Lipinski definition) is 1. The van der Waals surface area contributed by atoms with E-state index in [2.05, 4.69) is 5.32 Å². The van der Waals surface area contributed by atoms with Crippen LogP contribution in [0.3, 0.4) is 0 Å². The zero-order valence-corrected chi connectivity index (χ0v) is 14.3. The van der Waals surface area contributed by atoms with E-state index in [0.29, 0.717) is 10.9 Å². The first-order valence-electron chi connectivity index (χ1n) is 7.91. The van der Waals surface area contributed by atoms with Crippen LogP contribution in [-0.4, -0.2) is 24.6 Å². The summed E-state index contributed by atoms with van der Waals surface area (Å²) in [6.07, 6.45) is 1.51. The summed E-state index contributed by atoms with van der Waals surface area (Å²) in [5.41, 5.74) is 0.325. The van der Waals surface area contributed by atoms with E-state index in [9.17, 15) is 18.4 Å². The van der Waals surface area contributed by atoms with Crippen molar-refractivity contribution < 1.29 is 13.6 Å². The van der Waals surface area contributed by atoms with Gasteiger partial charge in [-0.2, -0.15) is 0 Å². The monoisotopic (exact) mass is 357 g/mol. The molecule has 26 heavy (non-hydrogen) atoms. The van der Waals surface area contributed by atoms with Gasteiger partial charge < -0.3 is 14.8 Å². The summed E-state index contributed by atoms with van der Waals surface area (Å²) in [4.78, 5) is 25.5. The Morgan fingerprint density at radius 3 is 2.42 bits per heavy atom. The van der Waals surface area contributed by atoms with E-state index >= 15 is 0 Å². The number of rotatable bonds is 4. The van der Waals surface area contributed by atoms with Gasteiger partial charge >= 0.3 is 0 Å². The van der Waals surface area contributed by atoms with E-state index in [-0.39, 0.29) is 23.3 Å². The van der Waals surface area contributed by atoms with Gasteiger partial charge in [0.2, 0.25) is 5.91 Å². The third kappa shape index (κ3) is 3.42. The number of halogens is 2. The van der Waals surface area contributed by atoms with Crippen molar-refractivity contribution in [3.8, 4) is 0 Å². The predicted octanol–water partition coefficient (Wildman–Crippen LogP) is 2.98. The van der Waals surface area contributed by atoms with Gasteiger partial charge in [-0.1, -0.05) is 12.1 Å².